The fraction of sp³-hybridized carbons (Fsp3) is 0.556. The van der Waals surface area contributed by atoms with E-state index in [1.165, 1.54) is 17.5 Å². The first-order chi connectivity index (χ1) is 11.3. The third-order valence-electron chi connectivity index (χ3n) is 6.10. The molecule has 1 fully saturated rings. The monoisotopic (exact) mass is 315 g/mol. The van der Waals surface area contributed by atoms with E-state index >= 15 is 0 Å². The molecule has 1 aromatic rings. The first kappa shape index (κ1) is 13.5. The molecule has 0 amide bonds. The van der Waals surface area contributed by atoms with Crippen LogP contribution in [0.1, 0.15) is 30.4 Å². The Labute approximate surface area is 135 Å². The largest absolute Gasteiger partial charge is 0.501 e. The van der Waals surface area contributed by atoms with Gasteiger partial charge in [-0.3, -0.25) is 4.90 Å². The first-order valence-electron chi connectivity index (χ1n) is 8.24. The van der Waals surface area contributed by atoms with Crippen LogP contribution in [0.15, 0.2) is 17.9 Å². The standard InChI is InChI=1S/C18H21NO4/c1-20-11-3-4-18-5-6-19(15(18)7-11)9-12-13(18)8-14-17(16(12)21-2)23-10-22-14/h3,8,15H,4-7,9-10H2,1-2H3. The molecule has 23 heavy (non-hydrogen) atoms. The van der Waals surface area contributed by atoms with Crippen molar-refractivity contribution in [3.05, 3.63) is 29.0 Å². The number of fused-ring (bicyclic) bond motifs is 2. The summed E-state index contributed by atoms with van der Waals surface area (Å²) in [5, 5.41) is 0. The lowest BCUT2D eigenvalue weighted by atomic mass is 9.65. The fourth-order valence-electron chi connectivity index (χ4n) is 5.00. The molecular weight excluding hydrogens is 294 g/mol. The number of hydrogen-bond acceptors (Lipinski definition) is 5. The van der Waals surface area contributed by atoms with Gasteiger partial charge in [-0.15, -0.1) is 0 Å². The summed E-state index contributed by atoms with van der Waals surface area (Å²) >= 11 is 0. The van der Waals surface area contributed by atoms with Gasteiger partial charge in [-0.05, 0) is 37.1 Å². The van der Waals surface area contributed by atoms with Crippen molar-refractivity contribution in [2.75, 3.05) is 27.6 Å². The second kappa shape index (κ2) is 4.57. The SMILES string of the molecule is COC1=CCC23CCN(Cc4c2cc2c(c4OC)OCO2)C3C1. The van der Waals surface area contributed by atoms with Crippen molar-refractivity contribution in [3.8, 4) is 17.2 Å². The maximum atomic E-state index is 5.73. The molecule has 4 aliphatic rings. The number of hydrogen-bond donors (Lipinski definition) is 0. The van der Waals surface area contributed by atoms with Crippen molar-refractivity contribution in [1.82, 2.24) is 4.90 Å². The Morgan fingerprint density at radius 1 is 1.26 bits per heavy atom. The minimum atomic E-state index is 0.157. The first-order valence-corrected chi connectivity index (χ1v) is 8.24. The Bertz CT molecular complexity index is 713. The number of ether oxygens (including phenoxy) is 4. The Hall–Kier alpha value is -1.88. The Morgan fingerprint density at radius 2 is 2.17 bits per heavy atom. The van der Waals surface area contributed by atoms with Gasteiger partial charge in [0.2, 0.25) is 12.5 Å². The van der Waals surface area contributed by atoms with Gasteiger partial charge in [0.1, 0.15) is 0 Å². The molecule has 1 aromatic carbocycles. The van der Waals surface area contributed by atoms with Gasteiger partial charge in [-0.25, -0.2) is 0 Å². The highest BCUT2D eigenvalue weighted by Crippen LogP contribution is 2.58. The van der Waals surface area contributed by atoms with Crippen LogP contribution in [0.5, 0.6) is 17.2 Å². The van der Waals surface area contributed by atoms with Crippen LogP contribution in [0.2, 0.25) is 0 Å². The number of benzene rings is 1. The normalized spacial score (nSPS) is 32.9. The molecule has 0 spiro atoms. The van der Waals surface area contributed by atoms with Crippen molar-refractivity contribution in [1.29, 1.82) is 0 Å². The molecule has 0 N–H and O–H groups in total. The van der Waals surface area contributed by atoms with Crippen molar-refractivity contribution in [2.24, 2.45) is 0 Å². The van der Waals surface area contributed by atoms with Gasteiger partial charge in [0.15, 0.2) is 11.5 Å². The highest BCUT2D eigenvalue weighted by atomic mass is 16.7. The Morgan fingerprint density at radius 3 is 3.00 bits per heavy atom. The summed E-state index contributed by atoms with van der Waals surface area (Å²) in [6.45, 7) is 2.32. The third kappa shape index (κ3) is 1.61. The summed E-state index contributed by atoms with van der Waals surface area (Å²) in [6, 6.07) is 2.72. The molecule has 1 aliphatic carbocycles. The molecule has 0 aromatic heterocycles. The second-order valence-electron chi connectivity index (χ2n) is 6.84. The Balaban J connectivity index is 1.72. The number of allylic oxidation sites excluding steroid dienone is 1. The predicted molar refractivity (Wildman–Crippen MR) is 83.9 cm³/mol. The van der Waals surface area contributed by atoms with Crippen LogP contribution in [0.3, 0.4) is 0 Å². The van der Waals surface area contributed by atoms with E-state index in [2.05, 4.69) is 17.0 Å². The molecule has 3 atom stereocenters. The molecule has 122 valence electrons. The average molecular weight is 315 g/mol. The zero-order chi connectivity index (χ0) is 15.6. The summed E-state index contributed by atoms with van der Waals surface area (Å²) in [7, 11) is 3.50. The number of methoxy groups -OCH3 is 2. The molecule has 3 aliphatic heterocycles. The fourth-order valence-corrected chi connectivity index (χ4v) is 5.00. The second-order valence-corrected chi connectivity index (χ2v) is 6.84. The summed E-state index contributed by atoms with van der Waals surface area (Å²) in [5.74, 6) is 3.58. The lowest BCUT2D eigenvalue weighted by Crippen LogP contribution is -2.48. The lowest BCUT2D eigenvalue weighted by molar-refractivity contribution is 0.135. The van der Waals surface area contributed by atoms with Gasteiger partial charge < -0.3 is 18.9 Å². The molecule has 5 rings (SSSR count). The van der Waals surface area contributed by atoms with E-state index in [0.29, 0.717) is 6.04 Å². The average Bonchev–Trinajstić information content (AvgIpc) is 3.15. The van der Waals surface area contributed by atoms with Crippen LogP contribution >= 0.6 is 0 Å². The van der Waals surface area contributed by atoms with Crippen molar-refractivity contribution in [2.45, 2.75) is 37.3 Å². The maximum Gasteiger partial charge on any atom is 0.231 e. The van der Waals surface area contributed by atoms with Crippen molar-refractivity contribution >= 4 is 0 Å². The van der Waals surface area contributed by atoms with Crippen LogP contribution in [-0.2, 0) is 16.7 Å². The van der Waals surface area contributed by atoms with E-state index in [9.17, 15) is 0 Å². The van der Waals surface area contributed by atoms with Gasteiger partial charge in [0.05, 0.1) is 20.0 Å². The van der Waals surface area contributed by atoms with Crippen LogP contribution in [-0.4, -0.2) is 38.5 Å². The zero-order valence-corrected chi connectivity index (χ0v) is 13.6. The van der Waals surface area contributed by atoms with Crippen molar-refractivity contribution < 1.29 is 18.9 Å². The molecule has 2 bridgehead atoms. The molecular formula is C18H21NO4. The van der Waals surface area contributed by atoms with Crippen LogP contribution in [0.4, 0.5) is 0 Å². The van der Waals surface area contributed by atoms with Crippen LogP contribution < -0.4 is 14.2 Å². The summed E-state index contributed by atoms with van der Waals surface area (Å²) in [6.07, 6.45) is 5.47. The van der Waals surface area contributed by atoms with E-state index in [-0.39, 0.29) is 12.2 Å². The number of rotatable bonds is 2. The zero-order valence-electron chi connectivity index (χ0n) is 13.6. The van der Waals surface area contributed by atoms with Gasteiger partial charge in [-0.1, -0.05) is 0 Å². The summed E-state index contributed by atoms with van der Waals surface area (Å²) < 4.78 is 22.6. The molecule has 0 saturated carbocycles. The molecule has 3 unspecified atom stereocenters. The molecule has 5 nitrogen and oxygen atoms in total. The Kier molecular flexibility index (Phi) is 2.69. The molecule has 0 radical (unpaired) electrons. The lowest BCUT2D eigenvalue weighted by Gasteiger charge is -2.46. The number of nitrogens with zero attached hydrogens (tertiary/aromatic N) is 1. The summed E-state index contributed by atoms with van der Waals surface area (Å²) in [4.78, 5) is 2.58. The molecule has 1 saturated heterocycles. The maximum absolute atomic E-state index is 5.73. The van der Waals surface area contributed by atoms with E-state index in [4.69, 9.17) is 18.9 Å². The van der Waals surface area contributed by atoms with Gasteiger partial charge in [0.25, 0.3) is 0 Å². The summed E-state index contributed by atoms with van der Waals surface area (Å²) in [5.41, 5.74) is 2.83. The van der Waals surface area contributed by atoms with Gasteiger partial charge >= 0.3 is 0 Å². The van der Waals surface area contributed by atoms with E-state index in [0.717, 1.165) is 48.9 Å². The topological polar surface area (TPSA) is 40.2 Å². The van der Waals surface area contributed by atoms with Crippen LogP contribution in [0.25, 0.3) is 0 Å². The molecule has 5 heteroatoms. The van der Waals surface area contributed by atoms with E-state index in [1.54, 1.807) is 14.2 Å². The van der Waals surface area contributed by atoms with E-state index in [1.807, 2.05) is 0 Å². The quantitative estimate of drug-likeness (QED) is 0.839. The third-order valence-corrected chi connectivity index (χ3v) is 6.10. The molecule has 3 heterocycles. The minimum Gasteiger partial charge on any atom is -0.501 e. The minimum absolute atomic E-state index is 0.157. The highest BCUT2D eigenvalue weighted by molar-refractivity contribution is 5.63. The predicted octanol–water partition coefficient (Wildman–Crippen LogP) is 2.57. The van der Waals surface area contributed by atoms with E-state index < -0.39 is 0 Å². The smallest absolute Gasteiger partial charge is 0.231 e. The van der Waals surface area contributed by atoms with Crippen LogP contribution in [0, 0.1) is 0 Å². The van der Waals surface area contributed by atoms with Crippen molar-refractivity contribution in [3.63, 3.8) is 0 Å². The van der Waals surface area contributed by atoms with Gasteiger partial charge in [-0.2, -0.15) is 0 Å². The highest BCUT2D eigenvalue weighted by Gasteiger charge is 2.55. The van der Waals surface area contributed by atoms with Gasteiger partial charge in [0, 0.05) is 30.0 Å².